The number of piperidine rings is 1. The second-order valence-corrected chi connectivity index (χ2v) is 6.64. The number of hydrogen-bond acceptors (Lipinski definition) is 2. The van der Waals surface area contributed by atoms with Gasteiger partial charge in [-0.25, -0.2) is 0 Å². The Hall–Kier alpha value is -0.860. The van der Waals surface area contributed by atoms with Gasteiger partial charge in [0.25, 0.3) is 0 Å². The smallest absolute Gasteiger partial charge is 0.0114 e. The molecule has 0 spiro atoms. The number of hydrogen-bond donors (Lipinski definition) is 1. The van der Waals surface area contributed by atoms with Crippen molar-refractivity contribution < 1.29 is 0 Å². The maximum atomic E-state index is 3.50. The highest BCUT2D eigenvalue weighted by Crippen LogP contribution is 2.41. The van der Waals surface area contributed by atoms with Gasteiger partial charge in [0, 0.05) is 30.6 Å². The van der Waals surface area contributed by atoms with Crippen molar-refractivity contribution in [2.45, 2.75) is 56.1 Å². The molecule has 3 atom stereocenters. The van der Waals surface area contributed by atoms with Gasteiger partial charge in [-0.3, -0.25) is 4.90 Å². The van der Waals surface area contributed by atoms with E-state index in [2.05, 4.69) is 41.5 Å². The second kappa shape index (κ2) is 4.60. The third kappa shape index (κ3) is 1.93. The van der Waals surface area contributed by atoms with Crippen molar-refractivity contribution >= 4 is 0 Å². The molecular weight excluding hydrogens is 232 g/mol. The van der Waals surface area contributed by atoms with Gasteiger partial charge in [0.05, 0.1) is 0 Å². The summed E-state index contributed by atoms with van der Waals surface area (Å²) in [6.45, 7) is 1.31. The minimum absolute atomic E-state index is 0.766. The van der Waals surface area contributed by atoms with Crippen LogP contribution in [-0.2, 0) is 6.42 Å². The summed E-state index contributed by atoms with van der Waals surface area (Å²) in [6.07, 6.45) is 6.89. The van der Waals surface area contributed by atoms with Gasteiger partial charge in [0.15, 0.2) is 0 Å². The molecule has 2 nitrogen and oxygen atoms in total. The Labute approximate surface area is 116 Å². The van der Waals surface area contributed by atoms with Gasteiger partial charge in [-0.15, -0.1) is 0 Å². The molecule has 0 amide bonds. The number of nitrogens with zero attached hydrogens (tertiary/aromatic N) is 1. The molecule has 1 aromatic rings. The van der Waals surface area contributed by atoms with Crippen LogP contribution >= 0.6 is 0 Å². The molecule has 102 valence electrons. The Morgan fingerprint density at radius 2 is 1.89 bits per heavy atom. The SMILES string of the molecule is CNC1CC2CCC(C1)N2CC1Cc2ccccc21. The molecule has 1 aromatic carbocycles. The summed E-state index contributed by atoms with van der Waals surface area (Å²) in [5, 5.41) is 3.50. The van der Waals surface area contributed by atoms with Crippen LogP contribution in [0.3, 0.4) is 0 Å². The summed E-state index contributed by atoms with van der Waals surface area (Å²) in [5.74, 6) is 0.811. The van der Waals surface area contributed by atoms with Gasteiger partial charge in [-0.1, -0.05) is 24.3 Å². The molecule has 1 aliphatic carbocycles. The summed E-state index contributed by atoms with van der Waals surface area (Å²) in [5.41, 5.74) is 3.21. The van der Waals surface area contributed by atoms with Gasteiger partial charge in [-0.05, 0) is 50.3 Å². The van der Waals surface area contributed by atoms with E-state index in [0.717, 1.165) is 24.0 Å². The summed E-state index contributed by atoms with van der Waals surface area (Å²) in [4.78, 5) is 2.84. The molecule has 3 aliphatic rings. The lowest BCUT2D eigenvalue weighted by molar-refractivity contribution is 0.108. The molecule has 19 heavy (non-hydrogen) atoms. The molecule has 4 rings (SSSR count). The Bertz CT molecular complexity index is 456. The van der Waals surface area contributed by atoms with E-state index < -0.39 is 0 Å². The van der Waals surface area contributed by atoms with Crippen molar-refractivity contribution in [3.63, 3.8) is 0 Å². The molecule has 2 heteroatoms. The lowest BCUT2D eigenvalue weighted by Gasteiger charge is -2.43. The molecule has 2 aliphatic heterocycles. The van der Waals surface area contributed by atoms with E-state index in [4.69, 9.17) is 0 Å². The van der Waals surface area contributed by atoms with Crippen LogP contribution < -0.4 is 5.32 Å². The van der Waals surface area contributed by atoms with E-state index in [1.165, 1.54) is 38.6 Å². The first-order chi connectivity index (χ1) is 9.35. The van der Waals surface area contributed by atoms with Crippen molar-refractivity contribution in [3.8, 4) is 0 Å². The zero-order chi connectivity index (χ0) is 12.8. The molecule has 0 radical (unpaired) electrons. The van der Waals surface area contributed by atoms with E-state index in [1.54, 1.807) is 11.1 Å². The molecule has 2 bridgehead atoms. The van der Waals surface area contributed by atoms with Gasteiger partial charge < -0.3 is 5.32 Å². The van der Waals surface area contributed by atoms with Crippen LogP contribution in [-0.4, -0.2) is 36.6 Å². The fourth-order valence-electron chi connectivity index (χ4n) is 4.59. The first-order valence-electron chi connectivity index (χ1n) is 7.86. The molecule has 2 saturated heterocycles. The Morgan fingerprint density at radius 3 is 2.58 bits per heavy atom. The second-order valence-electron chi connectivity index (χ2n) is 6.64. The molecule has 0 saturated carbocycles. The number of benzene rings is 1. The fraction of sp³-hybridized carbons (Fsp3) is 0.647. The highest BCUT2D eigenvalue weighted by atomic mass is 15.2. The van der Waals surface area contributed by atoms with Gasteiger partial charge in [0.1, 0.15) is 0 Å². The molecular formula is C17H24N2. The average Bonchev–Trinajstić information content (AvgIpc) is 2.65. The summed E-state index contributed by atoms with van der Waals surface area (Å²) < 4.78 is 0. The first-order valence-corrected chi connectivity index (χ1v) is 7.86. The van der Waals surface area contributed by atoms with Gasteiger partial charge in [-0.2, -0.15) is 0 Å². The monoisotopic (exact) mass is 256 g/mol. The summed E-state index contributed by atoms with van der Waals surface area (Å²) >= 11 is 0. The van der Waals surface area contributed by atoms with Crippen LogP contribution in [0.25, 0.3) is 0 Å². The molecule has 1 N–H and O–H groups in total. The molecule has 2 fully saturated rings. The Kier molecular flexibility index (Phi) is 2.89. The van der Waals surface area contributed by atoms with Crippen LogP contribution in [0.5, 0.6) is 0 Å². The Morgan fingerprint density at radius 1 is 1.16 bits per heavy atom. The quantitative estimate of drug-likeness (QED) is 0.894. The number of rotatable bonds is 3. The summed E-state index contributed by atoms with van der Waals surface area (Å²) in [7, 11) is 2.13. The number of fused-ring (bicyclic) bond motifs is 3. The molecule has 0 aromatic heterocycles. The lowest BCUT2D eigenvalue weighted by Crippen LogP contribution is -2.50. The third-order valence-electron chi connectivity index (χ3n) is 5.69. The predicted molar refractivity (Wildman–Crippen MR) is 78.5 cm³/mol. The number of nitrogens with one attached hydrogen (secondary N) is 1. The van der Waals surface area contributed by atoms with Crippen molar-refractivity contribution in [2.24, 2.45) is 0 Å². The van der Waals surface area contributed by atoms with Gasteiger partial charge >= 0.3 is 0 Å². The van der Waals surface area contributed by atoms with Crippen LogP contribution in [0.2, 0.25) is 0 Å². The van der Waals surface area contributed by atoms with Crippen LogP contribution in [0.15, 0.2) is 24.3 Å². The first kappa shape index (κ1) is 11.9. The third-order valence-corrected chi connectivity index (χ3v) is 5.69. The zero-order valence-corrected chi connectivity index (χ0v) is 11.8. The normalized spacial score (nSPS) is 36.9. The minimum Gasteiger partial charge on any atom is -0.317 e. The van der Waals surface area contributed by atoms with Crippen LogP contribution in [0.4, 0.5) is 0 Å². The maximum absolute atomic E-state index is 3.50. The molecule has 3 unspecified atom stereocenters. The van der Waals surface area contributed by atoms with E-state index in [0.29, 0.717) is 0 Å². The van der Waals surface area contributed by atoms with Crippen LogP contribution in [0, 0.1) is 0 Å². The largest absolute Gasteiger partial charge is 0.317 e. The van der Waals surface area contributed by atoms with Gasteiger partial charge in [0.2, 0.25) is 0 Å². The minimum atomic E-state index is 0.766. The van der Waals surface area contributed by atoms with E-state index >= 15 is 0 Å². The Balaban J connectivity index is 1.45. The average molecular weight is 256 g/mol. The highest BCUT2D eigenvalue weighted by molar-refractivity contribution is 5.40. The molecule has 2 heterocycles. The van der Waals surface area contributed by atoms with Crippen molar-refractivity contribution in [2.75, 3.05) is 13.6 Å². The highest BCUT2D eigenvalue weighted by Gasteiger charge is 2.42. The van der Waals surface area contributed by atoms with Crippen molar-refractivity contribution in [3.05, 3.63) is 35.4 Å². The predicted octanol–water partition coefficient (Wildman–Crippen LogP) is 2.54. The topological polar surface area (TPSA) is 15.3 Å². The maximum Gasteiger partial charge on any atom is 0.0114 e. The van der Waals surface area contributed by atoms with Crippen molar-refractivity contribution in [1.29, 1.82) is 0 Å². The van der Waals surface area contributed by atoms with Crippen LogP contribution in [0.1, 0.15) is 42.7 Å². The van der Waals surface area contributed by atoms with E-state index in [9.17, 15) is 0 Å². The standard InChI is InChI=1S/C17H24N2/c1-18-14-9-15-6-7-16(10-14)19(15)11-13-8-12-4-2-3-5-17(12)13/h2-5,13-16,18H,6-11H2,1H3. The fourth-order valence-corrected chi connectivity index (χ4v) is 4.59. The summed E-state index contributed by atoms with van der Waals surface area (Å²) in [6, 6.07) is 11.5. The van der Waals surface area contributed by atoms with E-state index in [-0.39, 0.29) is 0 Å². The van der Waals surface area contributed by atoms with Crippen molar-refractivity contribution in [1.82, 2.24) is 10.2 Å². The zero-order valence-electron chi connectivity index (χ0n) is 11.8. The van der Waals surface area contributed by atoms with E-state index in [1.807, 2.05) is 0 Å². The lowest BCUT2D eigenvalue weighted by atomic mass is 9.77.